The van der Waals surface area contributed by atoms with Gasteiger partial charge in [-0.1, -0.05) is 31.2 Å². The highest BCUT2D eigenvalue weighted by molar-refractivity contribution is 5.73. The summed E-state index contributed by atoms with van der Waals surface area (Å²) in [6, 6.07) is 14.3. The molecule has 1 heterocycles. The van der Waals surface area contributed by atoms with Crippen molar-refractivity contribution >= 4 is 11.0 Å². The van der Waals surface area contributed by atoms with Gasteiger partial charge in [-0.2, -0.15) is 0 Å². The molecule has 0 amide bonds. The summed E-state index contributed by atoms with van der Waals surface area (Å²) in [6.07, 6.45) is 2.60. The van der Waals surface area contributed by atoms with Crippen molar-refractivity contribution in [3.8, 4) is 0 Å². The fourth-order valence-corrected chi connectivity index (χ4v) is 2.92. The maximum absolute atomic E-state index is 13.1. The molecule has 2 aromatic carbocycles. The van der Waals surface area contributed by atoms with E-state index in [4.69, 9.17) is 0 Å². The number of aliphatic hydroxyl groups excluding tert-OH is 1. The number of benzene rings is 2. The van der Waals surface area contributed by atoms with Crippen molar-refractivity contribution in [3.63, 3.8) is 0 Å². The molecule has 0 bridgehead atoms. The van der Waals surface area contributed by atoms with Crippen molar-refractivity contribution in [2.24, 2.45) is 0 Å². The molecule has 0 radical (unpaired) electrons. The first-order valence-corrected chi connectivity index (χ1v) is 8.49. The van der Waals surface area contributed by atoms with E-state index >= 15 is 0 Å². The molecule has 0 fully saturated rings. The molecule has 25 heavy (non-hydrogen) atoms. The summed E-state index contributed by atoms with van der Waals surface area (Å²) >= 11 is 0. The Hall–Kier alpha value is -2.37. The van der Waals surface area contributed by atoms with Crippen LogP contribution in [0, 0.1) is 5.82 Å². The highest BCUT2D eigenvalue weighted by atomic mass is 19.1. The largest absolute Gasteiger partial charge is 0.395 e. The van der Waals surface area contributed by atoms with Gasteiger partial charge in [-0.15, -0.1) is 0 Å². The van der Waals surface area contributed by atoms with Gasteiger partial charge in [0.1, 0.15) is 5.82 Å². The van der Waals surface area contributed by atoms with Gasteiger partial charge in [0.25, 0.3) is 0 Å². The van der Waals surface area contributed by atoms with Crippen molar-refractivity contribution in [1.82, 2.24) is 14.9 Å². The van der Waals surface area contributed by atoms with Gasteiger partial charge in [-0.3, -0.25) is 9.88 Å². The smallest absolute Gasteiger partial charge is 0.123 e. The third-order valence-corrected chi connectivity index (χ3v) is 4.36. The van der Waals surface area contributed by atoms with Crippen LogP contribution >= 0.6 is 0 Å². The zero-order valence-corrected chi connectivity index (χ0v) is 14.3. The van der Waals surface area contributed by atoms with Gasteiger partial charge in [0.15, 0.2) is 0 Å². The first kappa shape index (κ1) is 17.5. The van der Waals surface area contributed by atoms with Gasteiger partial charge < -0.3 is 5.11 Å². The van der Waals surface area contributed by atoms with E-state index in [1.165, 1.54) is 12.1 Å². The lowest BCUT2D eigenvalue weighted by Gasteiger charge is -2.29. The predicted octanol–water partition coefficient (Wildman–Crippen LogP) is 3.54. The number of rotatable bonds is 7. The topological polar surface area (TPSA) is 49.2 Å². The van der Waals surface area contributed by atoms with Gasteiger partial charge in [0.2, 0.25) is 0 Å². The summed E-state index contributed by atoms with van der Waals surface area (Å²) in [5.41, 5.74) is 3.58. The first-order valence-electron chi connectivity index (χ1n) is 8.49. The van der Waals surface area contributed by atoms with Crippen molar-refractivity contribution in [3.05, 3.63) is 71.8 Å². The van der Waals surface area contributed by atoms with Crippen LogP contribution in [0.25, 0.3) is 11.0 Å². The van der Waals surface area contributed by atoms with Gasteiger partial charge in [-0.05, 0) is 36.2 Å². The second-order valence-corrected chi connectivity index (χ2v) is 6.13. The zero-order valence-electron chi connectivity index (χ0n) is 14.3. The summed E-state index contributed by atoms with van der Waals surface area (Å²) in [5, 5.41) is 9.73. The number of fused-ring (bicyclic) bond motifs is 1. The van der Waals surface area contributed by atoms with Crippen molar-refractivity contribution in [2.75, 3.05) is 6.61 Å². The molecule has 130 valence electrons. The molecule has 0 spiro atoms. The van der Waals surface area contributed by atoms with E-state index in [2.05, 4.69) is 14.9 Å². The van der Waals surface area contributed by atoms with Crippen LogP contribution in [-0.4, -0.2) is 32.6 Å². The molecule has 3 aromatic rings. The molecule has 0 aliphatic carbocycles. The highest BCUT2D eigenvalue weighted by Crippen LogP contribution is 2.16. The molecule has 0 saturated heterocycles. The van der Waals surface area contributed by atoms with E-state index in [9.17, 15) is 9.50 Å². The molecular weight excluding hydrogens is 317 g/mol. The predicted molar refractivity (Wildman–Crippen MR) is 96.3 cm³/mol. The second kappa shape index (κ2) is 8.14. The van der Waals surface area contributed by atoms with E-state index in [1.54, 1.807) is 18.3 Å². The number of para-hydroxylation sites is 2. The Kier molecular flexibility index (Phi) is 5.68. The molecule has 3 rings (SSSR count). The van der Waals surface area contributed by atoms with Gasteiger partial charge in [0.05, 0.1) is 29.5 Å². The summed E-state index contributed by atoms with van der Waals surface area (Å²) in [5.74, 6) is -0.245. The molecule has 0 unspecified atom stereocenters. The number of hydrogen-bond donors (Lipinski definition) is 1. The fourth-order valence-electron chi connectivity index (χ4n) is 2.92. The van der Waals surface area contributed by atoms with Crippen LogP contribution in [-0.2, 0) is 13.1 Å². The Morgan fingerprint density at radius 3 is 2.44 bits per heavy atom. The van der Waals surface area contributed by atoms with E-state index in [-0.39, 0.29) is 18.5 Å². The van der Waals surface area contributed by atoms with Gasteiger partial charge in [-0.25, -0.2) is 9.37 Å². The molecule has 1 aromatic heterocycles. The summed E-state index contributed by atoms with van der Waals surface area (Å²) < 4.78 is 13.1. The second-order valence-electron chi connectivity index (χ2n) is 6.13. The minimum absolute atomic E-state index is 0.0123. The first-order chi connectivity index (χ1) is 12.2. The Bertz CT molecular complexity index is 819. The number of aliphatic hydroxyl groups is 1. The molecule has 1 atom stereocenters. The Balaban J connectivity index is 1.83. The quantitative estimate of drug-likeness (QED) is 0.715. The average Bonchev–Trinajstić information content (AvgIpc) is 2.64. The minimum atomic E-state index is -0.245. The molecule has 0 aliphatic heterocycles. The van der Waals surface area contributed by atoms with Crippen LogP contribution < -0.4 is 0 Å². The SMILES string of the molecule is CC[C@@H](CO)N(Cc1ccc(F)cc1)Cc1cnc2ccccc2n1. The van der Waals surface area contributed by atoms with Crippen molar-refractivity contribution in [2.45, 2.75) is 32.5 Å². The zero-order chi connectivity index (χ0) is 17.6. The normalized spacial score (nSPS) is 12.6. The number of hydrogen-bond acceptors (Lipinski definition) is 4. The van der Waals surface area contributed by atoms with Gasteiger partial charge >= 0.3 is 0 Å². The molecule has 4 nitrogen and oxygen atoms in total. The number of halogens is 1. The van der Waals surface area contributed by atoms with Gasteiger partial charge in [0, 0.05) is 19.1 Å². The lowest BCUT2D eigenvalue weighted by atomic mass is 10.1. The van der Waals surface area contributed by atoms with Crippen molar-refractivity contribution < 1.29 is 9.50 Å². The van der Waals surface area contributed by atoms with Crippen LogP contribution in [0.15, 0.2) is 54.7 Å². The monoisotopic (exact) mass is 339 g/mol. The third-order valence-electron chi connectivity index (χ3n) is 4.36. The van der Waals surface area contributed by atoms with Crippen LogP contribution in [0.1, 0.15) is 24.6 Å². The lowest BCUT2D eigenvalue weighted by molar-refractivity contribution is 0.105. The minimum Gasteiger partial charge on any atom is -0.395 e. The summed E-state index contributed by atoms with van der Waals surface area (Å²) in [7, 11) is 0. The number of nitrogens with zero attached hydrogens (tertiary/aromatic N) is 3. The van der Waals surface area contributed by atoms with E-state index < -0.39 is 0 Å². The average molecular weight is 339 g/mol. The molecule has 0 aliphatic rings. The van der Waals surface area contributed by atoms with Crippen LogP contribution in [0.4, 0.5) is 4.39 Å². The van der Waals surface area contributed by atoms with E-state index in [1.807, 2.05) is 31.2 Å². The molecule has 5 heteroatoms. The molecule has 1 N–H and O–H groups in total. The van der Waals surface area contributed by atoms with E-state index in [0.29, 0.717) is 13.1 Å². The third kappa shape index (κ3) is 4.38. The van der Waals surface area contributed by atoms with E-state index in [0.717, 1.165) is 28.7 Å². The summed E-state index contributed by atoms with van der Waals surface area (Å²) in [6.45, 7) is 3.31. The molecule has 0 saturated carbocycles. The lowest BCUT2D eigenvalue weighted by Crippen LogP contribution is -2.36. The maximum atomic E-state index is 13.1. The van der Waals surface area contributed by atoms with Crippen LogP contribution in [0.5, 0.6) is 0 Å². The fraction of sp³-hybridized carbons (Fsp3) is 0.300. The standard InChI is InChI=1S/C20H22FN3O/c1-2-18(14-25)24(12-15-7-9-16(21)10-8-15)13-17-11-22-19-5-3-4-6-20(19)23-17/h3-11,18,25H,2,12-14H2,1H3/t18-/m0/s1. The Morgan fingerprint density at radius 1 is 1.04 bits per heavy atom. The maximum Gasteiger partial charge on any atom is 0.123 e. The van der Waals surface area contributed by atoms with Crippen LogP contribution in [0.2, 0.25) is 0 Å². The summed E-state index contributed by atoms with van der Waals surface area (Å²) in [4.78, 5) is 11.3. The Labute approximate surface area is 147 Å². The highest BCUT2D eigenvalue weighted by Gasteiger charge is 2.18. The number of aromatic nitrogens is 2. The van der Waals surface area contributed by atoms with Crippen molar-refractivity contribution in [1.29, 1.82) is 0 Å². The Morgan fingerprint density at radius 2 is 1.76 bits per heavy atom. The van der Waals surface area contributed by atoms with Crippen LogP contribution in [0.3, 0.4) is 0 Å². The molecular formula is C20H22FN3O.